The maximum atomic E-state index is 11.8. The summed E-state index contributed by atoms with van der Waals surface area (Å²) < 4.78 is 60.8. The fourth-order valence-electron chi connectivity index (χ4n) is 0.816. The number of aromatic nitrogens is 1. The smallest absolute Gasteiger partial charge is 0.397 e. The van der Waals surface area contributed by atoms with Gasteiger partial charge in [0.25, 0.3) is 0 Å². The van der Waals surface area contributed by atoms with E-state index in [1.54, 1.807) is 0 Å². The van der Waals surface area contributed by atoms with Gasteiger partial charge in [0, 0.05) is 0 Å². The van der Waals surface area contributed by atoms with Gasteiger partial charge in [-0.15, -0.1) is 0 Å². The van der Waals surface area contributed by atoms with Gasteiger partial charge in [-0.1, -0.05) is 0 Å². The first-order valence-electron chi connectivity index (χ1n) is 4.24. The molecule has 0 aliphatic rings. The number of nitrogen functional groups attached to an aromatic ring is 1. The lowest BCUT2D eigenvalue weighted by Gasteiger charge is -2.10. The van der Waals surface area contributed by atoms with Crippen LogP contribution in [0.5, 0.6) is 0 Å². The Balaban J connectivity index is 2.64. The summed E-state index contributed by atoms with van der Waals surface area (Å²) in [5, 5.41) is 0. The van der Waals surface area contributed by atoms with E-state index in [1.165, 1.54) is 23.1 Å². The van der Waals surface area contributed by atoms with Gasteiger partial charge in [0.2, 0.25) is 0 Å². The molecule has 4 N–H and O–H groups in total. The van der Waals surface area contributed by atoms with Crippen molar-refractivity contribution in [1.29, 1.82) is 0 Å². The molecule has 0 fully saturated rings. The number of anilines is 2. The van der Waals surface area contributed by atoms with Gasteiger partial charge in [-0.05, 0) is 12.1 Å². The van der Waals surface area contributed by atoms with Gasteiger partial charge >= 0.3 is 16.4 Å². The first-order valence-corrected chi connectivity index (χ1v) is 5.72. The number of halogens is 3. The summed E-state index contributed by atoms with van der Waals surface area (Å²) in [5.74, 6) is -0.131. The number of alkyl halides is 3. The molecule has 0 saturated carbocycles. The van der Waals surface area contributed by atoms with E-state index in [9.17, 15) is 21.6 Å². The van der Waals surface area contributed by atoms with Crippen LogP contribution in [0, 0.1) is 0 Å². The number of nitrogens with zero attached hydrogens (tertiary/aromatic N) is 1. The molecule has 0 atom stereocenters. The largest absolute Gasteiger partial charge is 0.402 e. The minimum Gasteiger partial charge on any atom is -0.397 e. The Morgan fingerprint density at radius 1 is 1.35 bits per heavy atom. The number of nitrogens with one attached hydrogen (secondary N) is 2. The molecule has 1 rings (SSSR count). The maximum absolute atomic E-state index is 11.8. The van der Waals surface area contributed by atoms with Crippen molar-refractivity contribution < 1.29 is 21.6 Å². The average molecular weight is 270 g/mol. The van der Waals surface area contributed by atoms with Crippen molar-refractivity contribution in [1.82, 2.24) is 9.71 Å². The molecule has 0 unspecified atom stereocenters. The van der Waals surface area contributed by atoms with Crippen LogP contribution < -0.4 is 15.2 Å². The van der Waals surface area contributed by atoms with Crippen LogP contribution in [-0.2, 0) is 10.2 Å². The Hall–Kier alpha value is -1.55. The van der Waals surface area contributed by atoms with Crippen molar-refractivity contribution >= 4 is 21.7 Å². The summed E-state index contributed by atoms with van der Waals surface area (Å²) in [6.45, 7) is -1.66. The molecule has 10 heteroatoms. The highest BCUT2D eigenvalue weighted by atomic mass is 32.2. The van der Waals surface area contributed by atoms with E-state index in [0.29, 0.717) is 5.69 Å². The topological polar surface area (TPSA) is 97.1 Å². The summed E-state index contributed by atoms with van der Waals surface area (Å²) in [7, 11) is -4.30. The molecule has 17 heavy (non-hydrogen) atoms. The van der Waals surface area contributed by atoms with Crippen LogP contribution in [0.1, 0.15) is 0 Å². The zero-order valence-corrected chi connectivity index (χ0v) is 9.14. The highest BCUT2D eigenvalue weighted by Crippen LogP contribution is 2.13. The Morgan fingerprint density at radius 3 is 2.47 bits per heavy atom. The number of rotatable bonds is 4. The molecule has 0 aliphatic carbocycles. The van der Waals surface area contributed by atoms with Crippen LogP contribution in [0.25, 0.3) is 0 Å². The summed E-state index contributed by atoms with van der Waals surface area (Å²) in [5.41, 5.74) is 5.60. The van der Waals surface area contributed by atoms with Crippen molar-refractivity contribution in [3.8, 4) is 0 Å². The van der Waals surface area contributed by atoms with Gasteiger partial charge in [0.15, 0.2) is 0 Å². The van der Waals surface area contributed by atoms with Crippen LogP contribution in [0.3, 0.4) is 0 Å². The highest BCUT2D eigenvalue weighted by molar-refractivity contribution is 7.90. The predicted molar refractivity (Wildman–Crippen MR) is 55.2 cm³/mol. The lowest BCUT2D eigenvalue weighted by molar-refractivity contribution is -0.121. The van der Waals surface area contributed by atoms with E-state index in [0.717, 1.165) is 0 Å². The molecule has 0 radical (unpaired) electrons. The third-order valence-electron chi connectivity index (χ3n) is 1.49. The van der Waals surface area contributed by atoms with Crippen molar-refractivity contribution in [2.75, 3.05) is 17.0 Å². The van der Waals surface area contributed by atoms with Crippen LogP contribution in [0.2, 0.25) is 0 Å². The second-order valence-electron chi connectivity index (χ2n) is 3.02. The SMILES string of the molecule is Nc1ccc(NS(=O)(=O)NCC(F)(F)F)nc1. The molecule has 0 aliphatic heterocycles. The minimum absolute atomic E-state index is 0.131. The van der Waals surface area contributed by atoms with Gasteiger partial charge in [-0.25, -0.2) is 4.98 Å². The molecule has 0 bridgehead atoms. The lowest BCUT2D eigenvalue weighted by Crippen LogP contribution is -2.37. The van der Waals surface area contributed by atoms with E-state index < -0.39 is 22.9 Å². The highest BCUT2D eigenvalue weighted by Gasteiger charge is 2.29. The van der Waals surface area contributed by atoms with Crippen molar-refractivity contribution in [2.24, 2.45) is 0 Å². The van der Waals surface area contributed by atoms with E-state index in [4.69, 9.17) is 5.73 Å². The normalized spacial score (nSPS) is 12.4. The molecular formula is C7H9F3N4O2S. The predicted octanol–water partition coefficient (Wildman–Crippen LogP) is 0.472. The second kappa shape index (κ2) is 4.75. The number of hydrogen-bond donors (Lipinski definition) is 3. The van der Waals surface area contributed by atoms with Gasteiger partial charge in [-0.2, -0.15) is 26.3 Å². The molecule has 1 aromatic rings. The molecule has 0 amide bonds. The first-order chi connectivity index (χ1) is 7.68. The monoisotopic (exact) mass is 270 g/mol. The summed E-state index contributed by atoms with van der Waals surface area (Å²) in [4.78, 5) is 3.57. The zero-order chi connectivity index (χ0) is 13.1. The van der Waals surface area contributed by atoms with Crippen LogP contribution >= 0.6 is 0 Å². The second-order valence-corrected chi connectivity index (χ2v) is 4.52. The maximum Gasteiger partial charge on any atom is 0.402 e. The quantitative estimate of drug-likeness (QED) is 0.741. The summed E-state index contributed by atoms with van der Waals surface area (Å²) in [6, 6.07) is 2.58. The molecule has 96 valence electrons. The molecular weight excluding hydrogens is 261 g/mol. The Morgan fingerprint density at radius 2 is 2.00 bits per heavy atom. The van der Waals surface area contributed by atoms with E-state index in [1.807, 2.05) is 4.72 Å². The first kappa shape index (κ1) is 13.5. The third-order valence-corrected chi connectivity index (χ3v) is 2.49. The summed E-state index contributed by atoms with van der Waals surface area (Å²) in [6.07, 6.45) is -3.45. The fraction of sp³-hybridized carbons (Fsp3) is 0.286. The van der Waals surface area contributed by atoms with E-state index in [2.05, 4.69) is 4.98 Å². The van der Waals surface area contributed by atoms with Gasteiger partial charge in [0.1, 0.15) is 12.4 Å². The summed E-state index contributed by atoms with van der Waals surface area (Å²) >= 11 is 0. The zero-order valence-electron chi connectivity index (χ0n) is 8.32. The van der Waals surface area contributed by atoms with Crippen molar-refractivity contribution in [3.63, 3.8) is 0 Å². The van der Waals surface area contributed by atoms with Gasteiger partial charge in [0.05, 0.1) is 11.9 Å². The Bertz CT molecular complexity index is 471. The molecule has 0 saturated heterocycles. The van der Waals surface area contributed by atoms with Crippen molar-refractivity contribution in [2.45, 2.75) is 6.18 Å². The van der Waals surface area contributed by atoms with Gasteiger partial charge < -0.3 is 5.73 Å². The standard InChI is InChI=1S/C7H9F3N4O2S/c8-7(9,10)4-13-17(15,16)14-6-2-1-5(11)3-12-6/h1-3,13H,4,11H2,(H,12,14). The fourth-order valence-corrected chi connectivity index (χ4v) is 1.64. The van der Waals surface area contributed by atoms with E-state index >= 15 is 0 Å². The lowest BCUT2D eigenvalue weighted by atomic mass is 10.4. The number of hydrogen-bond acceptors (Lipinski definition) is 4. The Labute approximate surface area is 95.2 Å². The van der Waals surface area contributed by atoms with Crippen molar-refractivity contribution in [3.05, 3.63) is 18.3 Å². The third kappa shape index (κ3) is 5.36. The number of nitrogens with two attached hydrogens (primary N) is 1. The average Bonchev–Trinajstić information content (AvgIpc) is 2.18. The van der Waals surface area contributed by atoms with Gasteiger partial charge in [-0.3, -0.25) is 4.72 Å². The van der Waals surface area contributed by atoms with Crippen LogP contribution in [-0.4, -0.2) is 26.1 Å². The number of pyridine rings is 1. The van der Waals surface area contributed by atoms with Crippen LogP contribution in [0.4, 0.5) is 24.7 Å². The Kier molecular flexibility index (Phi) is 3.78. The molecule has 1 aromatic heterocycles. The molecule has 1 heterocycles. The minimum atomic E-state index is -4.62. The molecule has 0 spiro atoms. The molecule has 0 aromatic carbocycles. The van der Waals surface area contributed by atoms with Crippen LogP contribution in [0.15, 0.2) is 18.3 Å². The van der Waals surface area contributed by atoms with E-state index in [-0.39, 0.29) is 5.82 Å². The molecule has 6 nitrogen and oxygen atoms in total.